The molecule has 1 aromatic carbocycles. The molecular formula is C12H15F2NOS. The van der Waals surface area contributed by atoms with Crippen molar-refractivity contribution in [1.82, 2.24) is 5.32 Å². The van der Waals surface area contributed by atoms with Crippen molar-refractivity contribution in [2.24, 2.45) is 0 Å². The Morgan fingerprint density at radius 1 is 1.35 bits per heavy atom. The molecule has 0 saturated heterocycles. The average Bonchev–Trinajstić information content (AvgIpc) is 2.29. The summed E-state index contributed by atoms with van der Waals surface area (Å²) in [6.45, 7) is 4.04. The van der Waals surface area contributed by atoms with Crippen molar-refractivity contribution >= 4 is 18.5 Å². The first-order valence-corrected chi connectivity index (χ1v) is 5.83. The van der Waals surface area contributed by atoms with Crippen LogP contribution in [-0.4, -0.2) is 18.2 Å². The van der Waals surface area contributed by atoms with Gasteiger partial charge in [-0.2, -0.15) is 12.6 Å². The Hall–Kier alpha value is -1.10. The maximum atomic E-state index is 13.1. The highest BCUT2D eigenvalue weighted by molar-refractivity contribution is 7.81. The maximum absolute atomic E-state index is 13.1. The molecule has 0 unspecified atom stereocenters. The molecule has 1 aromatic rings. The number of hydrogen-bond acceptors (Lipinski definition) is 2. The highest BCUT2D eigenvalue weighted by atomic mass is 32.1. The van der Waals surface area contributed by atoms with E-state index in [2.05, 4.69) is 17.9 Å². The van der Waals surface area contributed by atoms with E-state index >= 15 is 0 Å². The Morgan fingerprint density at radius 2 is 2.00 bits per heavy atom. The Kier molecular flexibility index (Phi) is 4.51. The van der Waals surface area contributed by atoms with Crippen LogP contribution in [0.5, 0.6) is 0 Å². The van der Waals surface area contributed by atoms with E-state index in [4.69, 9.17) is 0 Å². The molecule has 1 amide bonds. The van der Waals surface area contributed by atoms with Crippen LogP contribution < -0.4 is 5.32 Å². The second-order valence-electron chi connectivity index (χ2n) is 4.45. The van der Waals surface area contributed by atoms with Gasteiger partial charge in [0.25, 0.3) is 0 Å². The van der Waals surface area contributed by atoms with Crippen LogP contribution in [-0.2, 0) is 10.2 Å². The molecule has 0 aliphatic carbocycles. The second kappa shape index (κ2) is 5.49. The van der Waals surface area contributed by atoms with Crippen LogP contribution >= 0.6 is 12.6 Å². The molecule has 0 bridgehead atoms. The number of carbonyl (C=O) groups excluding carboxylic acids is 1. The average molecular weight is 259 g/mol. The molecule has 94 valence electrons. The molecular weight excluding hydrogens is 244 g/mol. The molecule has 0 aromatic heterocycles. The van der Waals surface area contributed by atoms with Crippen molar-refractivity contribution in [3.8, 4) is 0 Å². The molecule has 0 atom stereocenters. The van der Waals surface area contributed by atoms with Crippen LogP contribution in [0.3, 0.4) is 0 Å². The quantitative estimate of drug-likeness (QED) is 0.798. The SMILES string of the molecule is CC(C)(CNC(=O)CS)c1ccc(F)c(F)c1. The summed E-state index contributed by atoms with van der Waals surface area (Å²) in [5.41, 5.74) is 0.170. The van der Waals surface area contributed by atoms with E-state index in [0.29, 0.717) is 12.1 Å². The summed E-state index contributed by atoms with van der Waals surface area (Å²) in [5, 5.41) is 2.67. The molecule has 0 aliphatic rings. The summed E-state index contributed by atoms with van der Waals surface area (Å²) >= 11 is 3.84. The molecule has 0 spiro atoms. The van der Waals surface area contributed by atoms with Crippen molar-refractivity contribution in [3.05, 3.63) is 35.4 Å². The molecule has 17 heavy (non-hydrogen) atoms. The van der Waals surface area contributed by atoms with Gasteiger partial charge in [0.2, 0.25) is 5.91 Å². The number of nitrogens with one attached hydrogen (secondary N) is 1. The summed E-state index contributed by atoms with van der Waals surface area (Å²) in [7, 11) is 0. The Bertz CT molecular complexity index is 421. The summed E-state index contributed by atoms with van der Waals surface area (Å²) in [6, 6.07) is 3.76. The summed E-state index contributed by atoms with van der Waals surface area (Å²) in [6.07, 6.45) is 0. The largest absolute Gasteiger partial charge is 0.355 e. The molecule has 0 aliphatic heterocycles. The number of amides is 1. The Balaban J connectivity index is 2.81. The first-order chi connectivity index (χ1) is 7.86. The second-order valence-corrected chi connectivity index (χ2v) is 4.76. The van der Waals surface area contributed by atoms with Crippen LogP contribution in [0.4, 0.5) is 8.78 Å². The minimum Gasteiger partial charge on any atom is -0.355 e. The molecule has 1 N–H and O–H groups in total. The van der Waals surface area contributed by atoms with Gasteiger partial charge >= 0.3 is 0 Å². The van der Waals surface area contributed by atoms with Gasteiger partial charge in [-0.15, -0.1) is 0 Å². The zero-order valence-electron chi connectivity index (χ0n) is 9.76. The molecule has 0 radical (unpaired) electrons. The monoisotopic (exact) mass is 259 g/mol. The van der Waals surface area contributed by atoms with E-state index in [1.54, 1.807) is 0 Å². The minimum absolute atomic E-state index is 0.105. The number of carbonyl (C=O) groups is 1. The lowest BCUT2D eigenvalue weighted by atomic mass is 9.84. The zero-order chi connectivity index (χ0) is 13.1. The summed E-state index contributed by atoms with van der Waals surface area (Å²) < 4.78 is 25.9. The van der Waals surface area contributed by atoms with Gasteiger partial charge in [-0.05, 0) is 17.7 Å². The predicted molar refractivity (Wildman–Crippen MR) is 66.2 cm³/mol. The van der Waals surface area contributed by atoms with E-state index in [1.165, 1.54) is 6.07 Å². The number of thiol groups is 1. The number of benzene rings is 1. The van der Waals surface area contributed by atoms with Gasteiger partial charge in [-0.25, -0.2) is 8.78 Å². The van der Waals surface area contributed by atoms with E-state index in [-0.39, 0.29) is 11.7 Å². The predicted octanol–water partition coefficient (Wildman–Crippen LogP) is 2.29. The minimum atomic E-state index is -0.879. The highest BCUT2D eigenvalue weighted by Crippen LogP contribution is 2.23. The first-order valence-electron chi connectivity index (χ1n) is 5.20. The van der Waals surface area contributed by atoms with Crippen LogP contribution in [0.15, 0.2) is 18.2 Å². The fraction of sp³-hybridized carbons (Fsp3) is 0.417. The van der Waals surface area contributed by atoms with E-state index in [1.807, 2.05) is 13.8 Å². The Labute approximate surface area is 105 Å². The third kappa shape index (κ3) is 3.70. The first kappa shape index (κ1) is 14.0. The van der Waals surface area contributed by atoms with Gasteiger partial charge in [-0.3, -0.25) is 4.79 Å². The van der Waals surface area contributed by atoms with Crippen LogP contribution in [0.1, 0.15) is 19.4 Å². The number of hydrogen-bond donors (Lipinski definition) is 2. The highest BCUT2D eigenvalue weighted by Gasteiger charge is 2.22. The zero-order valence-corrected chi connectivity index (χ0v) is 10.7. The number of halogens is 2. The molecule has 1 rings (SSSR count). The lowest BCUT2D eigenvalue weighted by Gasteiger charge is -2.25. The third-order valence-electron chi connectivity index (χ3n) is 2.57. The van der Waals surface area contributed by atoms with E-state index < -0.39 is 17.0 Å². The standard InChI is InChI=1S/C12H15F2NOS/c1-12(2,7-15-11(16)6-17)8-3-4-9(13)10(14)5-8/h3-5,17H,6-7H2,1-2H3,(H,15,16). The van der Waals surface area contributed by atoms with Gasteiger partial charge in [0.1, 0.15) is 0 Å². The van der Waals surface area contributed by atoms with Gasteiger partial charge < -0.3 is 5.32 Å². The van der Waals surface area contributed by atoms with E-state index in [9.17, 15) is 13.6 Å². The molecule has 0 saturated carbocycles. The van der Waals surface area contributed by atoms with Crippen LogP contribution in [0, 0.1) is 11.6 Å². The van der Waals surface area contributed by atoms with Crippen molar-refractivity contribution in [2.45, 2.75) is 19.3 Å². The fourth-order valence-corrected chi connectivity index (χ4v) is 1.51. The van der Waals surface area contributed by atoms with Gasteiger partial charge in [0.15, 0.2) is 11.6 Å². The Morgan fingerprint density at radius 3 is 2.53 bits per heavy atom. The summed E-state index contributed by atoms with van der Waals surface area (Å²) in [4.78, 5) is 11.1. The lowest BCUT2D eigenvalue weighted by molar-refractivity contribution is -0.118. The van der Waals surface area contributed by atoms with Crippen LogP contribution in [0.2, 0.25) is 0 Å². The maximum Gasteiger partial charge on any atom is 0.229 e. The van der Waals surface area contributed by atoms with E-state index in [0.717, 1.165) is 12.1 Å². The van der Waals surface area contributed by atoms with Gasteiger partial charge in [0.05, 0.1) is 5.75 Å². The van der Waals surface area contributed by atoms with Crippen LogP contribution in [0.25, 0.3) is 0 Å². The van der Waals surface area contributed by atoms with Crippen molar-refractivity contribution in [2.75, 3.05) is 12.3 Å². The third-order valence-corrected chi connectivity index (χ3v) is 2.86. The van der Waals surface area contributed by atoms with Gasteiger partial charge in [0, 0.05) is 12.0 Å². The number of rotatable bonds is 4. The topological polar surface area (TPSA) is 29.1 Å². The van der Waals surface area contributed by atoms with Gasteiger partial charge in [-0.1, -0.05) is 19.9 Å². The summed E-state index contributed by atoms with van der Waals surface area (Å²) in [5.74, 6) is -1.84. The van der Waals surface area contributed by atoms with Crippen molar-refractivity contribution < 1.29 is 13.6 Å². The fourth-order valence-electron chi connectivity index (χ4n) is 1.39. The smallest absolute Gasteiger partial charge is 0.229 e. The lowest BCUT2D eigenvalue weighted by Crippen LogP contribution is -2.37. The molecule has 2 nitrogen and oxygen atoms in total. The molecule has 0 heterocycles. The van der Waals surface area contributed by atoms with Crippen molar-refractivity contribution in [1.29, 1.82) is 0 Å². The molecule has 5 heteroatoms. The van der Waals surface area contributed by atoms with Crippen molar-refractivity contribution in [3.63, 3.8) is 0 Å². The molecule has 0 fully saturated rings. The normalized spacial score (nSPS) is 11.4.